The van der Waals surface area contributed by atoms with Gasteiger partial charge in [0.25, 0.3) is 0 Å². The van der Waals surface area contributed by atoms with Crippen LogP contribution < -0.4 is 5.32 Å². The van der Waals surface area contributed by atoms with Gasteiger partial charge in [0.15, 0.2) is 18.9 Å². The lowest BCUT2D eigenvalue weighted by atomic mass is 9.96. The molecule has 0 aromatic carbocycles. The zero-order valence-corrected chi connectivity index (χ0v) is 45.1. The monoisotopic (exact) mass is 1070 g/mol. The van der Waals surface area contributed by atoms with Gasteiger partial charge < -0.3 is 89.9 Å². The maximum absolute atomic E-state index is 13.2. The van der Waals surface area contributed by atoms with Crippen molar-refractivity contribution in [3.05, 3.63) is 12.2 Å². The van der Waals surface area contributed by atoms with E-state index in [4.69, 9.17) is 28.4 Å². The molecule has 0 spiro atoms. The molecule has 3 aliphatic rings. The van der Waals surface area contributed by atoms with Crippen molar-refractivity contribution in [3.63, 3.8) is 0 Å². The minimum absolute atomic E-state index is 0.247. The number of hydrogen-bond donors (Lipinski definition) is 12. The fourth-order valence-corrected chi connectivity index (χ4v) is 10.0. The standard InChI is InChI=1S/C55H103NO18/c1-3-5-7-9-11-13-14-15-16-17-18-19-20-21-22-23-25-26-28-30-32-39(60)38(56-43(61)33-31-29-27-24-12-10-8-6-4-2)37-69-53-49(67)46(64)51(41(35-58)71-53)74-55-50(68)47(65)52(42(36-59)72-55)73-54-48(66)45(63)44(62)40(34-57)70-54/h30,32,38-42,44-55,57-60,62-68H,3-29,31,33-37H2,1-2H3,(H,56,61)/b32-30+. The summed E-state index contributed by atoms with van der Waals surface area (Å²) in [6, 6.07) is -0.965. The van der Waals surface area contributed by atoms with Crippen LogP contribution in [0, 0.1) is 0 Å². The van der Waals surface area contributed by atoms with Gasteiger partial charge in [-0.25, -0.2) is 0 Å². The van der Waals surface area contributed by atoms with Gasteiger partial charge in [0.2, 0.25) is 5.91 Å². The van der Waals surface area contributed by atoms with Crippen molar-refractivity contribution >= 4 is 5.91 Å². The van der Waals surface area contributed by atoms with Crippen LogP contribution in [0.3, 0.4) is 0 Å². The minimum atomic E-state index is -1.97. The predicted molar refractivity (Wildman–Crippen MR) is 277 cm³/mol. The van der Waals surface area contributed by atoms with Crippen LogP contribution >= 0.6 is 0 Å². The Bertz CT molecular complexity index is 1410. The maximum Gasteiger partial charge on any atom is 0.220 e. The van der Waals surface area contributed by atoms with Gasteiger partial charge in [-0.3, -0.25) is 4.79 Å². The molecule has 12 N–H and O–H groups in total. The zero-order valence-electron chi connectivity index (χ0n) is 45.1. The van der Waals surface area contributed by atoms with Crippen LogP contribution in [0.15, 0.2) is 12.2 Å². The second-order valence-electron chi connectivity index (χ2n) is 21.1. The summed E-state index contributed by atoms with van der Waals surface area (Å²) in [6.07, 6.45) is 10.7. The van der Waals surface area contributed by atoms with Gasteiger partial charge in [0.05, 0.1) is 38.6 Å². The molecule has 3 saturated heterocycles. The number of nitrogens with one attached hydrogen (secondary N) is 1. The lowest BCUT2D eigenvalue weighted by molar-refractivity contribution is -0.379. The summed E-state index contributed by atoms with van der Waals surface area (Å²) in [6.45, 7) is 1.69. The Balaban J connectivity index is 1.49. The fourth-order valence-electron chi connectivity index (χ4n) is 10.0. The molecule has 0 aromatic rings. The third-order valence-corrected chi connectivity index (χ3v) is 14.8. The van der Waals surface area contributed by atoms with E-state index in [2.05, 4.69) is 19.2 Å². The van der Waals surface area contributed by atoms with Gasteiger partial charge in [0.1, 0.15) is 73.2 Å². The highest BCUT2D eigenvalue weighted by molar-refractivity contribution is 5.76. The topological polar surface area (TPSA) is 307 Å². The van der Waals surface area contributed by atoms with Crippen LogP contribution in [0.2, 0.25) is 0 Å². The van der Waals surface area contributed by atoms with Crippen molar-refractivity contribution in [1.82, 2.24) is 5.32 Å². The van der Waals surface area contributed by atoms with Crippen molar-refractivity contribution in [1.29, 1.82) is 0 Å². The van der Waals surface area contributed by atoms with Crippen LogP contribution in [-0.2, 0) is 33.2 Å². The van der Waals surface area contributed by atoms with E-state index >= 15 is 0 Å². The summed E-state index contributed by atoms with van der Waals surface area (Å²) in [7, 11) is 0. The minimum Gasteiger partial charge on any atom is -0.394 e. The van der Waals surface area contributed by atoms with Crippen molar-refractivity contribution < 1.29 is 89.4 Å². The Morgan fingerprint density at radius 2 is 0.838 bits per heavy atom. The largest absolute Gasteiger partial charge is 0.394 e. The lowest BCUT2D eigenvalue weighted by Crippen LogP contribution is -2.66. The first-order valence-corrected chi connectivity index (χ1v) is 28.9. The summed E-state index contributed by atoms with van der Waals surface area (Å²) in [4.78, 5) is 13.2. The van der Waals surface area contributed by atoms with Gasteiger partial charge in [-0.15, -0.1) is 0 Å². The smallest absolute Gasteiger partial charge is 0.220 e. The maximum atomic E-state index is 13.2. The molecule has 436 valence electrons. The van der Waals surface area contributed by atoms with Gasteiger partial charge >= 0.3 is 0 Å². The molecule has 3 heterocycles. The van der Waals surface area contributed by atoms with Gasteiger partial charge in [-0.1, -0.05) is 187 Å². The quantitative estimate of drug-likeness (QED) is 0.0301. The average molecular weight is 1070 g/mol. The highest BCUT2D eigenvalue weighted by Crippen LogP contribution is 2.33. The van der Waals surface area contributed by atoms with Crippen molar-refractivity contribution in [2.45, 2.75) is 304 Å². The molecule has 1 amide bonds. The van der Waals surface area contributed by atoms with E-state index in [1.165, 1.54) is 128 Å². The molecule has 17 unspecified atom stereocenters. The summed E-state index contributed by atoms with van der Waals surface area (Å²) in [5, 5.41) is 120. The molecule has 0 aliphatic carbocycles. The number of aliphatic hydroxyl groups is 11. The van der Waals surface area contributed by atoms with E-state index in [0.717, 1.165) is 44.9 Å². The summed E-state index contributed by atoms with van der Waals surface area (Å²) >= 11 is 0. The first-order chi connectivity index (χ1) is 35.8. The zero-order chi connectivity index (χ0) is 54.1. The molecule has 0 radical (unpaired) electrons. The normalized spacial score (nSPS) is 31.5. The van der Waals surface area contributed by atoms with Crippen molar-refractivity contribution in [2.24, 2.45) is 0 Å². The first kappa shape index (κ1) is 66.8. The van der Waals surface area contributed by atoms with Gasteiger partial charge in [0, 0.05) is 6.42 Å². The molecule has 0 bridgehead atoms. The number of amides is 1. The molecule has 0 saturated carbocycles. The van der Waals surface area contributed by atoms with E-state index in [1.54, 1.807) is 6.08 Å². The van der Waals surface area contributed by atoms with E-state index in [9.17, 15) is 61.0 Å². The number of hydrogen-bond acceptors (Lipinski definition) is 18. The molecule has 0 aromatic heterocycles. The SMILES string of the molecule is CCCCCCCCCCCCCCCCCCCC/C=C/C(O)C(COC1OC(CO)C(OC2OC(CO)C(OC3OC(CO)C(O)C(O)C3O)C(O)C2O)C(O)C1O)NC(=O)CCCCCCCCCCC. The molecule has 19 nitrogen and oxygen atoms in total. The summed E-state index contributed by atoms with van der Waals surface area (Å²) < 4.78 is 34.2. The van der Waals surface area contributed by atoms with Crippen LogP contribution in [0.5, 0.6) is 0 Å². The highest BCUT2D eigenvalue weighted by Gasteiger charge is 2.53. The van der Waals surface area contributed by atoms with Crippen LogP contribution in [0.1, 0.15) is 200 Å². The number of rotatable bonds is 42. The molecular weight excluding hydrogens is 963 g/mol. The van der Waals surface area contributed by atoms with Gasteiger partial charge in [-0.05, 0) is 19.3 Å². The molecule has 17 atom stereocenters. The molecule has 19 heteroatoms. The van der Waals surface area contributed by atoms with Crippen LogP contribution in [-0.4, -0.2) is 193 Å². The third-order valence-electron chi connectivity index (χ3n) is 14.8. The van der Waals surface area contributed by atoms with Crippen molar-refractivity contribution in [3.8, 4) is 0 Å². The predicted octanol–water partition coefficient (Wildman–Crippen LogP) is 4.21. The van der Waals surface area contributed by atoms with E-state index < -0.39 is 124 Å². The number of ether oxygens (including phenoxy) is 6. The Labute approximate surface area is 442 Å². The Morgan fingerprint density at radius 1 is 0.473 bits per heavy atom. The fraction of sp³-hybridized carbons (Fsp3) is 0.945. The second kappa shape index (κ2) is 39.8. The summed E-state index contributed by atoms with van der Waals surface area (Å²) in [5.74, 6) is -0.278. The number of unbranched alkanes of at least 4 members (excludes halogenated alkanes) is 26. The van der Waals surface area contributed by atoms with Crippen molar-refractivity contribution in [2.75, 3.05) is 26.4 Å². The Kier molecular flexibility index (Phi) is 35.9. The lowest BCUT2D eigenvalue weighted by Gasteiger charge is -2.48. The first-order valence-electron chi connectivity index (χ1n) is 28.9. The number of carbonyl (C=O) groups is 1. The number of aliphatic hydroxyl groups excluding tert-OH is 11. The molecule has 74 heavy (non-hydrogen) atoms. The van der Waals surface area contributed by atoms with E-state index in [1.807, 2.05) is 6.08 Å². The molecule has 3 fully saturated rings. The molecule has 3 rings (SSSR count). The highest BCUT2D eigenvalue weighted by atomic mass is 16.8. The number of carbonyl (C=O) groups excluding carboxylic acids is 1. The second-order valence-corrected chi connectivity index (χ2v) is 21.1. The number of allylic oxidation sites excluding steroid dienone is 1. The van der Waals surface area contributed by atoms with E-state index in [0.29, 0.717) is 6.42 Å². The Morgan fingerprint density at radius 3 is 1.27 bits per heavy atom. The Hall–Kier alpha value is -1.47. The molecule has 3 aliphatic heterocycles. The average Bonchev–Trinajstić information content (AvgIpc) is 3.40. The van der Waals surface area contributed by atoms with Crippen LogP contribution in [0.4, 0.5) is 0 Å². The molecular formula is C55H103NO18. The summed E-state index contributed by atoms with van der Waals surface area (Å²) in [5.41, 5.74) is 0. The third kappa shape index (κ3) is 24.3. The van der Waals surface area contributed by atoms with E-state index in [-0.39, 0.29) is 18.9 Å². The van der Waals surface area contributed by atoms with Gasteiger partial charge in [-0.2, -0.15) is 0 Å². The van der Waals surface area contributed by atoms with Crippen LogP contribution in [0.25, 0.3) is 0 Å².